The Morgan fingerprint density at radius 1 is 1.18 bits per heavy atom. The molecule has 0 aliphatic rings. The summed E-state index contributed by atoms with van der Waals surface area (Å²) in [5.74, 6) is 1.08. The Labute approximate surface area is 107 Å². The lowest BCUT2D eigenvalue weighted by molar-refractivity contribution is 0.312. The molecule has 0 saturated carbocycles. The first kappa shape index (κ1) is 14.0. The minimum absolute atomic E-state index is 0.149. The summed E-state index contributed by atoms with van der Waals surface area (Å²) in [6.07, 6.45) is 2.25. The highest BCUT2D eigenvalue weighted by molar-refractivity contribution is 6.28. The molecular formula is C11H19ClN4O. The monoisotopic (exact) mass is 258 g/mol. The van der Waals surface area contributed by atoms with Crippen LogP contribution < -0.4 is 10.1 Å². The smallest absolute Gasteiger partial charge is 0.322 e. The molecule has 1 heterocycles. The fourth-order valence-electron chi connectivity index (χ4n) is 1.42. The molecule has 1 N–H and O–H groups in total. The lowest BCUT2D eigenvalue weighted by Crippen LogP contribution is -2.15. The number of hydrogen-bond donors (Lipinski definition) is 1. The van der Waals surface area contributed by atoms with Crippen molar-refractivity contribution in [2.75, 3.05) is 18.5 Å². The van der Waals surface area contributed by atoms with Crippen LogP contribution in [0.3, 0.4) is 0 Å². The van der Waals surface area contributed by atoms with Crippen molar-refractivity contribution in [1.82, 2.24) is 15.0 Å². The van der Waals surface area contributed by atoms with Crippen LogP contribution in [-0.2, 0) is 0 Å². The summed E-state index contributed by atoms with van der Waals surface area (Å²) in [6, 6.07) is 0.263. The molecule has 0 spiro atoms. The van der Waals surface area contributed by atoms with Gasteiger partial charge in [0.15, 0.2) is 0 Å². The van der Waals surface area contributed by atoms with Gasteiger partial charge in [-0.1, -0.05) is 26.7 Å². The fraction of sp³-hybridized carbons (Fsp3) is 0.727. The Morgan fingerprint density at radius 2 is 1.88 bits per heavy atom. The molecule has 0 aromatic carbocycles. The number of nitrogens with one attached hydrogen (secondary N) is 1. The number of rotatable bonds is 7. The summed E-state index contributed by atoms with van der Waals surface area (Å²) in [7, 11) is 0. The number of hydrogen-bond acceptors (Lipinski definition) is 5. The maximum atomic E-state index is 5.79. The van der Waals surface area contributed by atoms with E-state index < -0.39 is 0 Å². The van der Waals surface area contributed by atoms with Crippen molar-refractivity contribution in [3.63, 3.8) is 0 Å². The van der Waals surface area contributed by atoms with Crippen molar-refractivity contribution >= 4 is 17.5 Å². The Morgan fingerprint density at radius 3 is 2.47 bits per heavy atom. The van der Waals surface area contributed by atoms with E-state index in [4.69, 9.17) is 16.3 Å². The van der Waals surface area contributed by atoms with Crippen LogP contribution in [0.1, 0.15) is 33.6 Å². The molecule has 0 bridgehead atoms. The van der Waals surface area contributed by atoms with E-state index in [9.17, 15) is 0 Å². The van der Waals surface area contributed by atoms with Gasteiger partial charge in [0.05, 0.1) is 6.61 Å². The summed E-state index contributed by atoms with van der Waals surface area (Å²) in [4.78, 5) is 12.0. The van der Waals surface area contributed by atoms with Gasteiger partial charge in [-0.05, 0) is 24.4 Å². The Bertz CT molecular complexity index is 344. The van der Waals surface area contributed by atoms with Crippen molar-refractivity contribution in [2.24, 2.45) is 5.92 Å². The summed E-state index contributed by atoms with van der Waals surface area (Å²) >= 11 is 5.79. The molecular weight excluding hydrogens is 240 g/mol. The van der Waals surface area contributed by atoms with Crippen molar-refractivity contribution in [2.45, 2.75) is 33.6 Å². The SMILES string of the molecule is CCOc1nc(Cl)nc(NCC(CC)CC)n1. The highest BCUT2D eigenvalue weighted by Gasteiger charge is 2.08. The minimum atomic E-state index is 0.149. The van der Waals surface area contributed by atoms with Gasteiger partial charge in [-0.15, -0.1) is 0 Å². The average molecular weight is 259 g/mol. The zero-order chi connectivity index (χ0) is 12.7. The number of ether oxygens (including phenoxy) is 1. The maximum absolute atomic E-state index is 5.79. The normalized spacial score (nSPS) is 10.6. The number of aromatic nitrogens is 3. The third-order valence-electron chi connectivity index (χ3n) is 2.56. The molecule has 0 atom stereocenters. The summed E-state index contributed by atoms with van der Waals surface area (Å²) in [5, 5.41) is 3.31. The van der Waals surface area contributed by atoms with Crippen LogP contribution in [-0.4, -0.2) is 28.1 Å². The van der Waals surface area contributed by atoms with Crippen LogP contribution >= 0.6 is 11.6 Å². The molecule has 0 saturated heterocycles. The zero-order valence-corrected chi connectivity index (χ0v) is 11.3. The maximum Gasteiger partial charge on any atom is 0.322 e. The van der Waals surface area contributed by atoms with E-state index in [1.165, 1.54) is 0 Å². The zero-order valence-electron chi connectivity index (χ0n) is 10.5. The van der Waals surface area contributed by atoms with Gasteiger partial charge in [-0.3, -0.25) is 0 Å². The molecule has 0 fully saturated rings. The predicted octanol–water partition coefficient (Wildman–Crippen LogP) is 2.77. The highest BCUT2D eigenvalue weighted by Crippen LogP contribution is 2.13. The molecule has 0 radical (unpaired) electrons. The molecule has 0 aliphatic carbocycles. The molecule has 1 aromatic rings. The number of halogens is 1. The molecule has 0 aliphatic heterocycles. The Hall–Kier alpha value is -1.10. The Balaban J connectivity index is 2.63. The molecule has 96 valence electrons. The second kappa shape index (κ2) is 7.27. The number of nitrogens with zero attached hydrogens (tertiary/aromatic N) is 3. The van der Waals surface area contributed by atoms with Gasteiger partial charge in [0.25, 0.3) is 0 Å². The first-order valence-corrected chi connectivity index (χ1v) is 6.35. The van der Waals surface area contributed by atoms with Gasteiger partial charge in [-0.2, -0.15) is 15.0 Å². The van der Waals surface area contributed by atoms with Gasteiger partial charge in [0.2, 0.25) is 11.2 Å². The van der Waals surface area contributed by atoms with E-state index >= 15 is 0 Å². The molecule has 5 nitrogen and oxygen atoms in total. The van der Waals surface area contributed by atoms with Gasteiger partial charge in [0.1, 0.15) is 0 Å². The Kier molecular flexibility index (Phi) is 5.97. The largest absolute Gasteiger partial charge is 0.464 e. The van der Waals surface area contributed by atoms with Crippen LogP contribution in [0.25, 0.3) is 0 Å². The predicted molar refractivity (Wildman–Crippen MR) is 68.6 cm³/mol. The molecule has 1 aromatic heterocycles. The second-order valence-electron chi connectivity index (χ2n) is 3.71. The lowest BCUT2D eigenvalue weighted by Gasteiger charge is -2.13. The first-order valence-electron chi connectivity index (χ1n) is 5.97. The van der Waals surface area contributed by atoms with Crippen molar-refractivity contribution in [1.29, 1.82) is 0 Å². The summed E-state index contributed by atoms with van der Waals surface area (Å²) in [6.45, 7) is 7.55. The molecule has 6 heteroatoms. The standard InChI is InChI=1S/C11H19ClN4O/c1-4-8(5-2)7-13-10-14-9(12)15-11(16-10)17-6-3/h8H,4-7H2,1-3H3,(H,13,14,15,16). The van der Waals surface area contributed by atoms with E-state index in [2.05, 4.69) is 34.1 Å². The topological polar surface area (TPSA) is 59.9 Å². The highest BCUT2D eigenvalue weighted by atomic mass is 35.5. The van der Waals surface area contributed by atoms with Crippen LogP contribution in [0.15, 0.2) is 0 Å². The van der Waals surface area contributed by atoms with Gasteiger partial charge in [-0.25, -0.2) is 0 Å². The molecule has 17 heavy (non-hydrogen) atoms. The van der Waals surface area contributed by atoms with E-state index in [0.717, 1.165) is 19.4 Å². The molecule has 1 rings (SSSR count). The summed E-state index contributed by atoms with van der Waals surface area (Å²) in [5.41, 5.74) is 0. The van der Waals surface area contributed by atoms with E-state index in [1.54, 1.807) is 0 Å². The van der Waals surface area contributed by atoms with Crippen LogP contribution in [0.5, 0.6) is 6.01 Å². The quantitative estimate of drug-likeness (QED) is 0.815. The third-order valence-corrected chi connectivity index (χ3v) is 2.73. The van der Waals surface area contributed by atoms with E-state index in [1.807, 2.05) is 6.92 Å². The van der Waals surface area contributed by atoms with Gasteiger partial charge in [0, 0.05) is 6.54 Å². The lowest BCUT2D eigenvalue weighted by atomic mass is 10.0. The van der Waals surface area contributed by atoms with Gasteiger partial charge < -0.3 is 10.1 Å². The van der Waals surface area contributed by atoms with E-state index in [-0.39, 0.29) is 11.3 Å². The number of anilines is 1. The second-order valence-corrected chi connectivity index (χ2v) is 4.05. The summed E-state index contributed by atoms with van der Waals surface area (Å²) < 4.78 is 5.20. The van der Waals surface area contributed by atoms with Crippen molar-refractivity contribution in [3.05, 3.63) is 5.28 Å². The van der Waals surface area contributed by atoms with Crippen molar-refractivity contribution in [3.8, 4) is 6.01 Å². The fourth-order valence-corrected chi connectivity index (χ4v) is 1.57. The molecule has 0 unspecified atom stereocenters. The first-order chi connectivity index (χ1) is 8.19. The van der Waals surface area contributed by atoms with Crippen molar-refractivity contribution < 1.29 is 4.74 Å². The van der Waals surface area contributed by atoms with Crippen LogP contribution in [0.2, 0.25) is 5.28 Å². The molecule has 0 amide bonds. The third kappa shape index (κ3) is 4.73. The van der Waals surface area contributed by atoms with Gasteiger partial charge >= 0.3 is 6.01 Å². The van der Waals surface area contributed by atoms with E-state index in [0.29, 0.717) is 18.5 Å². The minimum Gasteiger partial charge on any atom is -0.464 e. The van der Waals surface area contributed by atoms with Crippen LogP contribution in [0.4, 0.5) is 5.95 Å². The van der Waals surface area contributed by atoms with Crippen LogP contribution in [0, 0.1) is 5.92 Å². The average Bonchev–Trinajstić information content (AvgIpc) is 2.30.